The molecule has 1 aliphatic rings. The van der Waals surface area contributed by atoms with Gasteiger partial charge in [0, 0.05) is 12.1 Å². The van der Waals surface area contributed by atoms with Crippen LogP contribution in [0.4, 0.5) is 5.13 Å². The molecule has 1 aromatic heterocycles. The number of carbonyl (C=O) groups is 1. The molecule has 2 atom stereocenters. The van der Waals surface area contributed by atoms with Gasteiger partial charge in [0.1, 0.15) is 4.32 Å². The van der Waals surface area contributed by atoms with E-state index in [-0.39, 0.29) is 5.91 Å². The lowest BCUT2D eigenvalue weighted by molar-refractivity contribution is -0.113. The van der Waals surface area contributed by atoms with Crippen molar-refractivity contribution in [3.63, 3.8) is 0 Å². The number of fused-ring (bicyclic) bond motifs is 1. The van der Waals surface area contributed by atoms with Gasteiger partial charge in [-0.05, 0) is 57.2 Å². The number of amides is 1. The number of thiazole rings is 1. The van der Waals surface area contributed by atoms with Crippen molar-refractivity contribution in [1.29, 1.82) is 0 Å². The fourth-order valence-corrected chi connectivity index (χ4v) is 5.70. The molecule has 26 heavy (non-hydrogen) atoms. The molecule has 1 fully saturated rings. The molecule has 1 aliphatic heterocycles. The van der Waals surface area contributed by atoms with Crippen LogP contribution in [-0.2, 0) is 11.2 Å². The molecule has 1 amide bonds. The summed E-state index contributed by atoms with van der Waals surface area (Å²) in [6, 6.07) is 7.16. The van der Waals surface area contributed by atoms with Crippen LogP contribution in [0.15, 0.2) is 18.2 Å². The Hall–Kier alpha value is -1.18. The number of thioether (sulfide) groups is 1. The van der Waals surface area contributed by atoms with Crippen LogP contribution in [0.25, 0.3) is 10.2 Å². The number of nitrogens with zero attached hydrogens (tertiary/aromatic N) is 2. The molecule has 140 valence electrons. The number of piperidine rings is 1. The number of nitrogens with one attached hydrogen (secondary N) is 1. The molecule has 0 radical (unpaired) electrons. The molecule has 0 unspecified atom stereocenters. The molecule has 0 saturated carbocycles. The zero-order chi connectivity index (χ0) is 18.7. The van der Waals surface area contributed by atoms with Crippen LogP contribution in [0.2, 0.25) is 0 Å². The van der Waals surface area contributed by atoms with Crippen LogP contribution in [-0.4, -0.2) is 37.9 Å². The first-order valence-electron chi connectivity index (χ1n) is 9.12. The number of hydrogen-bond acceptors (Lipinski definition) is 5. The molecule has 1 aromatic carbocycles. The summed E-state index contributed by atoms with van der Waals surface area (Å²) in [7, 11) is 0. The number of hydrogen-bond donors (Lipinski definition) is 1. The Morgan fingerprint density at radius 3 is 2.81 bits per heavy atom. The SMILES string of the molecule is CCc1ccc2nc(NC(=O)CSC(=S)N3[C@@H](C)CCC[C@@H]3C)sc2c1. The topological polar surface area (TPSA) is 45.2 Å². The highest BCUT2D eigenvalue weighted by Crippen LogP contribution is 2.28. The normalized spacial score (nSPS) is 20.3. The number of thiocarbonyl (C=S) groups is 1. The maximum Gasteiger partial charge on any atom is 0.236 e. The summed E-state index contributed by atoms with van der Waals surface area (Å²) in [6.07, 6.45) is 4.59. The Morgan fingerprint density at radius 1 is 1.38 bits per heavy atom. The lowest BCUT2D eigenvalue weighted by Crippen LogP contribution is -2.45. The van der Waals surface area contributed by atoms with E-state index in [2.05, 4.69) is 48.1 Å². The van der Waals surface area contributed by atoms with Crippen molar-refractivity contribution in [1.82, 2.24) is 9.88 Å². The molecule has 7 heteroatoms. The second kappa shape index (κ2) is 8.67. The minimum Gasteiger partial charge on any atom is -0.352 e. The second-order valence-electron chi connectivity index (χ2n) is 6.81. The zero-order valence-electron chi connectivity index (χ0n) is 15.4. The molecule has 1 saturated heterocycles. The van der Waals surface area contributed by atoms with Crippen LogP contribution in [0.3, 0.4) is 0 Å². The first-order valence-corrected chi connectivity index (χ1v) is 11.3. The smallest absolute Gasteiger partial charge is 0.236 e. The van der Waals surface area contributed by atoms with Crippen molar-refractivity contribution < 1.29 is 4.79 Å². The van der Waals surface area contributed by atoms with E-state index < -0.39 is 0 Å². The molecule has 1 N–H and O–H groups in total. The summed E-state index contributed by atoms with van der Waals surface area (Å²) in [5, 5.41) is 3.58. The van der Waals surface area contributed by atoms with Gasteiger partial charge in [-0.15, -0.1) is 0 Å². The van der Waals surface area contributed by atoms with Crippen LogP contribution < -0.4 is 5.32 Å². The predicted octanol–water partition coefficient (Wildman–Crippen LogP) is 5.08. The van der Waals surface area contributed by atoms with E-state index >= 15 is 0 Å². The Kier molecular flexibility index (Phi) is 6.53. The van der Waals surface area contributed by atoms with Crippen LogP contribution >= 0.6 is 35.3 Å². The zero-order valence-corrected chi connectivity index (χ0v) is 17.9. The minimum atomic E-state index is -0.0514. The van der Waals surface area contributed by atoms with Gasteiger partial charge in [-0.3, -0.25) is 4.79 Å². The molecular weight excluding hydrogens is 382 g/mol. The van der Waals surface area contributed by atoms with Gasteiger partial charge in [0.2, 0.25) is 5.91 Å². The number of aromatic nitrogens is 1. The Bertz CT molecular complexity index is 794. The van der Waals surface area contributed by atoms with E-state index in [1.165, 1.54) is 47.9 Å². The van der Waals surface area contributed by atoms with E-state index in [1.54, 1.807) is 0 Å². The third kappa shape index (κ3) is 4.56. The number of benzene rings is 1. The van der Waals surface area contributed by atoms with E-state index in [9.17, 15) is 4.79 Å². The summed E-state index contributed by atoms with van der Waals surface area (Å²) in [6.45, 7) is 6.57. The average molecular weight is 408 g/mol. The minimum absolute atomic E-state index is 0.0514. The molecule has 2 aromatic rings. The fourth-order valence-electron chi connectivity index (χ4n) is 3.38. The van der Waals surface area contributed by atoms with Crippen LogP contribution in [0.5, 0.6) is 0 Å². The Balaban J connectivity index is 1.56. The molecule has 0 bridgehead atoms. The average Bonchev–Trinajstić information content (AvgIpc) is 3.00. The number of rotatable bonds is 4. The lowest BCUT2D eigenvalue weighted by Gasteiger charge is -2.40. The monoisotopic (exact) mass is 407 g/mol. The van der Waals surface area contributed by atoms with E-state index in [4.69, 9.17) is 12.2 Å². The summed E-state index contributed by atoms with van der Waals surface area (Å²) < 4.78 is 1.94. The highest BCUT2D eigenvalue weighted by molar-refractivity contribution is 8.23. The van der Waals surface area contributed by atoms with Crippen LogP contribution in [0, 0.1) is 0 Å². The van der Waals surface area contributed by atoms with Crippen LogP contribution in [0.1, 0.15) is 45.6 Å². The van der Waals surface area contributed by atoms with Gasteiger partial charge in [0.25, 0.3) is 0 Å². The molecule has 2 heterocycles. The van der Waals surface area contributed by atoms with Crippen molar-refractivity contribution in [3.05, 3.63) is 23.8 Å². The van der Waals surface area contributed by atoms with Gasteiger partial charge in [0.15, 0.2) is 5.13 Å². The van der Waals surface area contributed by atoms with Crippen molar-refractivity contribution in [2.75, 3.05) is 11.1 Å². The molecule has 0 spiro atoms. The summed E-state index contributed by atoms with van der Waals surface area (Å²) >= 11 is 8.56. The maximum absolute atomic E-state index is 12.3. The number of likely N-dealkylation sites (tertiary alicyclic amines) is 1. The van der Waals surface area contributed by atoms with Gasteiger partial charge in [-0.25, -0.2) is 4.98 Å². The third-order valence-corrected chi connectivity index (χ3v) is 7.20. The van der Waals surface area contributed by atoms with Gasteiger partial charge in [0.05, 0.1) is 16.0 Å². The first-order chi connectivity index (χ1) is 12.5. The first kappa shape index (κ1) is 19.6. The standard InChI is InChI=1S/C19H25N3OS3/c1-4-14-8-9-15-16(10-14)26-18(20-15)21-17(23)11-25-19(24)22-12(2)6-5-7-13(22)3/h8-10,12-13H,4-7,11H2,1-3H3,(H,20,21,23)/t12-,13-/m0/s1. The van der Waals surface area contributed by atoms with Gasteiger partial charge in [-0.1, -0.05) is 48.3 Å². The predicted molar refractivity (Wildman–Crippen MR) is 117 cm³/mol. The van der Waals surface area contributed by atoms with E-state index in [0.29, 0.717) is 23.0 Å². The van der Waals surface area contributed by atoms with E-state index in [0.717, 1.165) is 21.0 Å². The lowest BCUT2D eigenvalue weighted by atomic mass is 9.99. The molecular formula is C19H25N3OS3. The Labute approximate surface area is 168 Å². The molecule has 3 rings (SSSR count). The van der Waals surface area contributed by atoms with Gasteiger partial charge in [-0.2, -0.15) is 0 Å². The van der Waals surface area contributed by atoms with E-state index in [1.807, 2.05) is 6.07 Å². The molecule has 0 aliphatic carbocycles. The largest absolute Gasteiger partial charge is 0.352 e. The fraction of sp³-hybridized carbons (Fsp3) is 0.526. The maximum atomic E-state index is 12.3. The number of anilines is 1. The van der Waals surface area contributed by atoms with Gasteiger partial charge < -0.3 is 10.2 Å². The third-order valence-electron chi connectivity index (χ3n) is 4.84. The molecule has 4 nitrogen and oxygen atoms in total. The summed E-state index contributed by atoms with van der Waals surface area (Å²) in [4.78, 5) is 19.1. The van der Waals surface area contributed by atoms with Crippen molar-refractivity contribution in [2.24, 2.45) is 0 Å². The van der Waals surface area contributed by atoms with Crippen molar-refractivity contribution in [2.45, 2.75) is 58.5 Å². The highest BCUT2D eigenvalue weighted by Gasteiger charge is 2.27. The van der Waals surface area contributed by atoms with Crippen molar-refractivity contribution >= 4 is 60.9 Å². The van der Waals surface area contributed by atoms with Crippen molar-refractivity contribution in [3.8, 4) is 0 Å². The number of carbonyl (C=O) groups excluding carboxylic acids is 1. The number of aryl methyl sites for hydroxylation is 1. The highest BCUT2D eigenvalue weighted by atomic mass is 32.2. The summed E-state index contributed by atoms with van der Waals surface area (Å²) in [5.74, 6) is 0.273. The van der Waals surface area contributed by atoms with Gasteiger partial charge >= 0.3 is 0 Å². The second-order valence-corrected chi connectivity index (χ2v) is 9.45. The Morgan fingerprint density at radius 2 is 2.12 bits per heavy atom. The quantitative estimate of drug-likeness (QED) is 0.716. The summed E-state index contributed by atoms with van der Waals surface area (Å²) in [5.41, 5.74) is 2.21.